The average molecular weight is 404 g/mol. The van der Waals surface area contributed by atoms with Gasteiger partial charge in [-0.1, -0.05) is 18.2 Å². The van der Waals surface area contributed by atoms with Crippen molar-refractivity contribution in [2.45, 2.75) is 20.0 Å². The summed E-state index contributed by atoms with van der Waals surface area (Å²) in [5.74, 6) is 0.881. The van der Waals surface area contributed by atoms with Gasteiger partial charge in [0, 0.05) is 5.56 Å². The molecule has 0 spiro atoms. The summed E-state index contributed by atoms with van der Waals surface area (Å²) < 4.78 is 38.1. The molecule has 1 N–H and O–H groups in total. The highest BCUT2D eigenvalue weighted by molar-refractivity contribution is 7.71. The van der Waals surface area contributed by atoms with Crippen LogP contribution in [0, 0.1) is 11.7 Å². The molecule has 0 aliphatic rings. The van der Waals surface area contributed by atoms with Gasteiger partial charge in [-0.15, -0.1) is 0 Å². The van der Waals surface area contributed by atoms with Crippen LogP contribution in [0.3, 0.4) is 0 Å². The Morgan fingerprint density at radius 2 is 2.04 bits per heavy atom. The third-order valence-electron chi connectivity index (χ3n) is 3.97. The van der Waals surface area contributed by atoms with E-state index in [9.17, 15) is 8.78 Å². The van der Waals surface area contributed by atoms with Crippen LogP contribution in [0.1, 0.15) is 28.9 Å². The van der Waals surface area contributed by atoms with Crippen molar-refractivity contribution < 1.29 is 18.3 Å². The van der Waals surface area contributed by atoms with Gasteiger partial charge >= 0.3 is 0 Å². The van der Waals surface area contributed by atoms with Crippen molar-refractivity contribution in [3.05, 3.63) is 69.8 Å². The minimum absolute atomic E-state index is 0.0110. The predicted octanol–water partition coefficient (Wildman–Crippen LogP) is 4.66. The summed E-state index contributed by atoms with van der Waals surface area (Å²) in [6.45, 7) is 2.24. The SMILES string of the molecule is COc1ccc(C=Nn2c(C(F)F)n[nH]c2=S)cc1COc1ccccc1C. The number of benzene rings is 2. The Labute approximate surface area is 165 Å². The Hall–Kier alpha value is -3.07. The second-order valence-corrected chi connectivity index (χ2v) is 6.26. The van der Waals surface area contributed by atoms with Crippen LogP contribution in [0.25, 0.3) is 0 Å². The maximum atomic E-state index is 13.0. The Morgan fingerprint density at radius 1 is 1.25 bits per heavy atom. The van der Waals surface area contributed by atoms with E-state index in [1.54, 1.807) is 19.2 Å². The van der Waals surface area contributed by atoms with Gasteiger partial charge < -0.3 is 9.47 Å². The number of ether oxygens (including phenoxy) is 2. The summed E-state index contributed by atoms with van der Waals surface area (Å²) in [5, 5.41) is 9.81. The maximum absolute atomic E-state index is 13.0. The minimum atomic E-state index is -2.79. The quantitative estimate of drug-likeness (QED) is 0.460. The van der Waals surface area contributed by atoms with E-state index in [4.69, 9.17) is 21.7 Å². The molecule has 0 aliphatic heterocycles. The van der Waals surface area contributed by atoms with Gasteiger partial charge in [-0.25, -0.2) is 13.9 Å². The van der Waals surface area contributed by atoms with Gasteiger partial charge in [-0.05, 0) is 54.5 Å². The number of aromatic amines is 1. The van der Waals surface area contributed by atoms with Crippen LogP contribution in [0.4, 0.5) is 8.78 Å². The molecule has 0 unspecified atom stereocenters. The Balaban J connectivity index is 1.84. The second kappa shape index (κ2) is 8.75. The summed E-state index contributed by atoms with van der Waals surface area (Å²) in [5.41, 5.74) is 2.49. The van der Waals surface area contributed by atoms with Crippen LogP contribution in [0.5, 0.6) is 11.5 Å². The number of aryl methyl sites for hydroxylation is 1. The normalized spacial score (nSPS) is 11.3. The smallest absolute Gasteiger partial charge is 0.299 e. The topological polar surface area (TPSA) is 64.4 Å². The van der Waals surface area contributed by atoms with E-state index in [0.717, 1.165) is 21.6 Å². The zero-order valence-electron chi connectivity index (χ0n) is 15.2. The summed E-state index contributed by atoms with van der Waals surface area (Å²) in [6, 6.07) is 13.0. The molecular weight excluding hydrogens is 386 g/mol. The Morgan fingerprint density at radius 3 is 2.75 bits per heavy atom. The molecule has 9 heteroatoms. The number of hydrogen-bond acceptors (Lipinski definition) is 5. The number of H-pyrrole nitrogens is 1. The molecular formula is C19H18F2N4O2S. The Bertz CT molecular complexity index is 1050. The van der Waals surface area contributed by atoms with Gasteiger partial charge in [0.25, 0.3) is 6.43 Å². The minimum Gasteiger partial charge on any atom is -0.496 e. The lowest BCUT2D eigenvalue weighted by molar-refractivity contribution is 0.136. The maximum Gasteiger partial charge on any atom is 0.299 e. The zero-order chi connectivity index (χ0) is 20.1. The first-order valence-electron chi connectivity index (χ1n) is 8.34. The lowest BCUT2D eigenvalue weighted by atomic mass is 10.1. The summed E-state index contributed by atoms with van der Waals surface area (Å²) in [7, 11) is 1.57. The van der Waals surface area contributed by atoms with Crippen LogP contribution in [0.2, 0.25) is 0 Å². The lowest BCUT2D eigenvalue weighted by Crippen LogP contribution is -2.02. The third kappa shape index (κ3) is 4.42. The van der Waals surface area contributed by atoms with Gasteiger partial charge in [0.05, 0.1) is 13.3 Å². The van der Waals surface area contributed by atoms with Gasteiger partial charge in [-0.2, -0.15) is 14.9 Å². The van der Waals surface area contributed by atoms with Gasteiger partial charge in [-0.3, -0.25) is 0 Å². The van der Waals surface area contributed by atoms with Crippen molar-refractivity contribution in [3.63, 3.8) is 0 Å². The standard InChI is InChI=1S/C19H18F2N4O2S/c1-12-5-3-4-6-15(12)27-11-14-9-13(7-8-16(14)26-2)10-22-25-18(17(20)21)23-24-19(25)28/h3-10,17H,11H2,1-2H3,(H,24,28). The zero-order valence-corrected chi connectivity index (χ0v) is 16.0. The molecule has 3 rings (SSSR count). The van der Waals surface area contributed by atoms with Crippen molar-refractivity contribution in [3.8, 4) is 11.5 Å². The lowest BCUT2D eigenvalue weighted by Gasteiger charge is -2.12. The van der Waals surface area contributed by atoms with E-state index in [1.807, 2.05) is 37.3 Å². The predicted molar refractivity (Wildman–Crippen MR) is 104 cm³/mol. The van der Waals surface area contributed by atoms with Gasteiger partial charge in [0.15, 0.2) is 0 Å². The second-order valence-electron chi connectivity index (χ2n) is 5.87. The van der Waals surface area contributed by atoms with Crippen molar-refractivity contribution >= 4 is 18.4 Å². The van der Waals surface area contributed by atoms with E-state index >= 15 is 0 Å². The summed E-state index contributed by atoms with van der Waals surface area (Å²) >= 11 is 4.94. The molecule has 0 atom stereocenters. The molecule has 3 aromatic rings. The fourth-order valence-corrected chi connectivity index (χ4v) is 2.73. The van der Waals surface area contributed by atoms with E-state index in [2.05, 4.69) is 15.3 Å². The summed E-state index contributed by atoms with van der Waals surface area (Å²) in [6.07, 6.45) is -1.37. The number of rotatable bonds is 7. The molecule has 0 amide bonds. The fourth-order valence-electron chi connectivity index (χ4n) is 2.55. The highest BCUT2D eigenvalue weighted by Gasteiger charge is 2.16. The number of nitrogens with zero attached hydrogens (tertiary/aromatic N) is 3. The molecule has 0 saturated carbocycles. The molecule has 0 bridgehead atoms. The largest absolute Gasteiger partial charge is 0.496 e. The van der Waals surface area contributed by atoms with Crippen molar-refractivity contribution in [2.75, 3.05) is 7.11 Å². The molecule has 28 heavy (non-hydrogen) atoms. The van der Waals surface area contributed by atoms with E-state index in [0.29, 0.717) is 11.3 Å². The van der Waals surface area contributed by atoms with Crippen molar-refractivity contribution in [1.29, 1.82) is 0 Å². The van der Waals surface area contributed by atoms with Crippen LogP contribution in [-0.2, 0) is 6.61 Å². The fraction of sp³-hybridized carbons (Fsp3) is 0.211. The number of aromatic nitrogens is 3. The van der Waals surface area contributed by atoms with E-state index in [1.165, 1.54) is 6.21 Å². The molecule has 0 radical (unpaired) electrons. The summed E-state index contributed by atoms with van der Waals surface area (Å²) in [4.78, 5) is 0. The van der Waals surface area contributed by atoms with Crippen LogP contribution < -0.4 is 9.47 Å². The molecule has 0 saturated heterocycles. The molecule has 0 aliphatic carbocycles. The average Bonchev–Trinajstić information content (AvgIpc) is 3.06. The third-order valence-corrected chi connectivity index (χ3v) is 4.24. The molecule has 146 valence electrons. The van der Waals surface area contributed by atoms with Crippen molar-refractivity contribution in [1.82, 2.24) is 14.9 Å². The highest BCUT2D eigenvalue weighted by atomic mass is 32.1. The number of methoxy groups -OCH3 is 1. The molecule has 1 aromatic heterocycles. The van der Waals surface area contributed by atoms with Gasteiger partial charge in [0.2, 0.25) is 10.6 Å². The van der Waals surface area contributed by atoms with Crippen molar-refractivity contribution in [2.24, 2.45) is 5.10 Å². The number of halogens is 2. The molecule has 2 aromatic carbocycles. The monoisotopic (exact) mass is 404 g/mol. The van der Waals surface area contributed by atoms with Crippen LogP contribution in [-0.4, -0.2) is 28.2 Å². The number of hydrogen-bond donors (Lipinski definition) is 1. The Kier molecular flexibility index (Phi) is 6.15. The first-order chi connectivity index (χ1) is 13.5. The molecule has 1 heterocycles. The van der Waals surface area contributed by atoms with Crippen LogP contribution >= 0.6 is 12.2 Å². The number of nitrogens with one attached hydrogen (secondary N) is 1. The van der Waals surface area contributed by atoms with E-state index in [-0.39, 0.29) is 11.4 Å². The number of alkyl halides is 2. The molecule has 0 fully saturated rings. The van der Waals surface area contributed by atoms with Gasteiger partial charge in [0.1, 0.15) is 18.1 Å². The van der Waals surface area contributed by atoms with Crippen LogP contribution in [0.15, 0.2) is 47.6 Å². The first-order valence-corrected chi connectivity index (χ1v) is 8.75. The van der Waals surface area contributed by atoms with E-state index < -0.39 is 12.2 Å². The number of para-hydroxylation sites is 1. The first kappa shape index (κ1) is 19.7. The molecule has 6 nitrogen and oxygen atoms in total. The highest BCUT2D eigenvalue weighted by Crippen LogP contribution is 2.23.